The number of aliphatic hydroxyl groups is 1. The van der Waals surface area contributed by atoms with Crippen LogP contribution in [0.3, 0.4) is 0 Å². The second kappa shape index (κ2) is 4.92. The zero-order chi connectivity index (χ0) is 12.5. The van der Waals surface area contributed by atoms with E-state index in [1.807, 2.05) is 6.92 Å². The van der Waals surface area contributed by atoms with Gasteiger partial charge in [0.05, 0.1) is 0 Å². The Morgan fingerprint density at radius 1 is 1.27 bits per heavy atom. The fourth-order valence-corrected chi connectivity index (χ4v) is 15.9. The van der Waals surface area contributed by atoms with Crippen molar-refractivity contribution in [2.45, 2.75) is 60.3 Å². The monoisotopic (exact) mass is 336 g/mol. The van der Waals surface area contributed by atoms with Crippen molar-refractivity contribution in [1.82, 2.24) is 0 Å². The molecule has 3 heteroatoms. The van der Waals surface area contributed by atoms with Gasteiger partial charge in [0.1, 0.15) is 0 Å². The van der Waals surface area contributed by atoms with E-state index in [-0.39, 0.29) is 0 Å². The molecule has 0 aromatic heterocycles. The fraction of sp³-hybridized carbons (Fsp3) is 0.833. The van der Waals surface area contributed by atoms with Gasteiger partial charge in [-0.1, -0.05) is 0 Å². The van der Waals surface area contributed by atoms with Crippen LogP contribution in [0.5, 0.6) is 0 Å². The Morgan fingerprint density at radius 3 is 1.87 bits per heavy atom. The molecule has 0 saturated carbocycles. The molecule has 1 N–H and O–H groups in total. The van der Waals surface area contributed by atoms with Gasteiger partial charge in [-0.2, -0.15) is 0 Å². The van der Waals surface area contributed by atoms with Crippen molar-refractivity contribution in [2.75, 3.05) is 0 Å². The Bertz CT molecular complexity index is 243. The van der Waals surface area contributed by atoms with Crippen molar-refractivity contribution in [2.24, 2.45) is 0 Å². The molecule has 0 saturated heterocycles. The minimum atomic E-state index is -2.16. The van der Waals surface area contributed by atoms with E-state index in [4.69, 9.17) is 0 Å². The average Bonchev–Trinajstić information content (AvgIpc) is 1.96. The standard InChI is InChI=1S/C9H19OSi.3CH3.Sn/c1-6-9(2,10)7-8-11(3,4)5;;;;/h8,10H,6H2,1-5H3;3*1H3;. The van der Waals surface area contributed by atoms with Gasteiger partial charge in [-0.3, -0.25) is 0 Å². The van der Waals surface area contributed by atoms with Crippen LogP contribution in [0.25, 0.3) is 0 Å². The van der Waals surface area contributed by atoms with E-state index in [2.05, 4.69) is 47.1 Å². The molecule has 0 spiro atoms. The summed E-state index contributed by atoms with van der Waals surface area (Å²) in [4.78, 5) is 7.18. The van der Waals surface area contributed by atoms with Crippen molar-refractivity contribution in [3.05, 3.63) is 9.29 Å². The van der Waals surface area contributed by atoms with E-state index in [1.165, 1.54) is 3.59 Å². The molecule has 1 atom stereocenters. The second-order valence-corrected chi connectivity index (χ2v) is 26.2. The number of rotatable bonds is 4. The van der Waals surface area contributed by atoms with E-state index in [9.17, 15) is 5.11 Å². The third-order valence-electron chi connectivity index (χ3n) is 2.65. The molecule has 90 valence electrons. The van der Waals surface area contributed by atoms with Crippen molar-refractivity contribution in [3.8, 4) is 0 Å². The second-order valence-electron chi connectivity index (χ2n) is 6.80. The molecule has 0 aromatic rings. The van der Waals surface area contributed by atoms with Gasteiger partial charge in [-0.25, -0.2) is 0 Å². The Kier molecular flexibility index (Phi) is 5.16. The van der Waals surface area contributed by atoms with Gasteiger partial charge in [0, 0.05) is 0 Å². The average molecular weight is 335 g/mol. The number of hydrogen-bond donors (Lipinski definition) is 1. The van der Waals surface area contributed by atoms with Crippen LogP contribution in [0, 0.1) is 0 Å². The molecule has 0 aliphatic heterocycles. The van der Waals surface area contributed by atoms with Gasteiger partial charge >= 0.3 is 101 Å². The van der Waals surface area contributed by atoms with Gasteiger partial charge in [-0.15, -0.1) is 0 Å². The van der Waals surface area contributed by atoms with Crippen LogP contribution in [-0.4, -0.2) is 37.2 Å². The molecule has 0 aliphatic rings. The van der Waals surface area contributed by atoms with Crippen LogP contribution in [0.4, 0.5) is 0 Å². The summed E-state index contributed by atoms with van der Waals surface area (Å²) in [5.41, 5.74) is 1.89. The normalized spacial score (nSPS) is 18.9. The molecule has 0 aromatic carbocycles. The first-order valence-corrected chi connectivity index (χ1v) is 19.4. The first-order chi connectivity index (χ1) is 6.40. The van der Waals surface area contributed by atoms with Gasteiger partial charge in [0.15, 0.2) is 0 Å². The van der Waals surface area contributed by atoms with E-state index >= 15 is 0 Å². The van der Waals surface area contributed by atoms with Gasteiger partial charge in [0.2, 0.25) is 0 Å². The molecule has 0 rings (SSSR count). The van der Waals surface area contributed by atoms with Gasteiger partial charge in [0.25, 0.3) is 0 Å². The van der Waals surface area contributed by atoms with E-state index in [0.717, 1.165) is 6.42 Å². The van der Waals surface area contributed by atoms with Crippen LogP contribution in [-0.2, 0) is 0 Å². The molecule has 0 bridgehead atoms. The van der Waals surface area contributed by atoms with E-state index < -0.39 is 32.1 Å². The van der Waals surface area contributed by atoms with Crippen LogP contribution in [0.2, 0.25) is 34.5 Å². The maximum atomic E-state index is 10.5. The molecule has 0 radical (unpaired) electrons. The summed E-state index contributed by atoms with van der Waals surface area (Å²) in [7, 11) is -1.23. The molecule has 0 aliphatic carbocycles. The Balaban J connectivity index is 5.38. The Labute approximate surface area is 101 Å². The van der Waals surface area contributed by atoms with Crippen LogP contribution >= 0.6 is 0 Å². The SMILES string of the molecule is CCC(C)(O)/[C](=C/[Si](C)(C)C)[Sn]([CH3])([CH3])[CH3]. The summed E-state index contributed by atoms with van der Waals surface area (Å²) >= 11 is -2.16. The van der Waals surface area contributed by atoms with E-state index in [0.29, 0.717) is 0 Å². The molecular formula is C12H28OSiSn. The fourth-order valence-electron chi connectivity index (χ4n) is 1.80. The first kappa shape index (κ1) is 15.7. The number of hydrogen-bond acceptors (Lipinski definition) is 1. The van der Waals surface area contributed by atoms with Crippen LogP contribution < -0.4 is 0 Å². The molecule has 15 heavy (non-hydrogen) atoms. The minimum absolute atomic E-state index is 0.561. The third kappa shape index (κ3) is 5.54. The van der Waals surface area contributed by atoms with E-state index in [1.54, 1.807) is 0 Å². The predicted octanol–water partition coefficient (Wildman–Crippen LogP) is 3.83. The molecule has 0 amide bonds. The van der Waals surface area contributed by atoms with Gasteiger partial charge in [-0.05, 0) is 0 Å². The molecule has 1 unspecified atom stereocenters. The molecule has 1 nitrogen and oxygen atoms in total. The van der Waals surface area contributed by atoms with Crippen molar-refractivity contribution in [1.29, 1.82) is 0 Å². The summed E-state index contributed by atoms with van der Waals surface area (Å²) < 4.78 is 1.42. The van der Waals surface area contributed by atoms with Crippen molar-refractivity contribution >= 4 is 26.5 Å². The van der Waals surface area contributed by atoms with Crippen molar-refractivity contribution in [3.63, 3.8) is 0 Å². The Morgan fingerprint density at radius 2 is 1.67 bits per heavy atom. The quantitative estimate of drug-likeness (QED) is 0.775. The summed E-state index contributed by atoms with van der Waals surface area (Å²) in [6.07, 6.45) is 0.831. The summed E-state index contributed by atoms with van der Waals surface area (Å²) in [5, 5.41) is 10.5. The summed E-state index contributed by atoms with van der Waals surface area (Å²) in [6.45, 7) is 11.1. The van der Waals surface area contributed by atoms with Crippen LogP contribution in [0.1, 0.15) is 20.3 Å². The predicted molar refractivity (Wildman–Crippen MR) is 75.7 cm³/mol. The molecule has 0 heterocycles. The van der Waals surface area contributed by atoms with Gasteiger partial charge < -0.3 is 0 Å². The zero-order valence-corrected chi connectivity index (χ0v) is 15.6. The molecule has 0 fully saturated rings. The summed E-state index contributed by atoms with van der Waals surface area (Å²) in [5.74, 6) is 0. The first-order valence-electron chi connectivity index (χ1n) is 5.86. The third-order valence-corrected chi connectivity index (χ3v) is 11.2. The molecular weight excluding hydrogens is 307 g/mol. The summed E-state index contributed by atoms with van der Waals surface area (Å²) in [6, 6.07) is 0. The maximum absolute atomic E-state index is 10.5. The zero-order valence-electron chi connectivity index (χ0n) is 11.7. The Hall–Kier alpha value is 0.716. The topological polar surface area (TPSA) is 20.2 Å². The van der Waals surface area contributed by atoms with Crippen LogP contribution in [0.15, 0.2) is 9.29 Å². The van der Waals surface area contributed by atoms with Crippen molar-refractivity contribution < 1.29 is 5.11 Å².